The van der Waals surface area contributed by atoms with Gasteiger partial charge in [-0.1, -0.05) is 11.6 Å². The largest absolute Gasteiger partial charge is 0.507 e. The Morgan fingerprint density at radius 3 is 2.67 bits per heavy atom. The highest BCUT2D eigenvalue weighted by atomic mass is 31.2. The predicted octanol–water partition coefficient (Wildman–Crippen LogP) is 2.39. The Labute approximate surface area is 157 Å². The summed E-state index contributed by atoms with van der Waals surface area (Å²) in [6.45, 7) is 5.22. The number of guanidine groups is 1. The molecule has 144 valence electrons. The fraction of sp³-hybridized carbons (Fsp3) is 0.353. The first kappa shape index (κ1) is 20.6. The highest BCUT2D eigenvalue weighted by Gasteiger charge is 2.43. The van der Waals surface area contributed by atoms with Gasteiger partial charge in [0.1, 0.15) is 5.75 Å². The molecule has 1 aromatic carbocycles. The van der Waals surface area contributed by atoms with E-state index in [1.807, 2.05) is 0 Å². The molecule has 0 bridgehead atoms. The summed E-state index contributed by atoms with van der Waals surface area (Å²) in [5.41, 5.74) is 0.800. The lowest BCUT2D eigenvalue weighted by molar-refractivity contribution is 0.102. The number of hydrogen-bond acceptors (Lipinski definition) is 9. The summed E-state index contributed by atoms with van der Waals surface area (Å²) >= 11 is 0. The number of rotatable bonds is 7. The quantitative estimate of drug-likeness (QED) is 0.279. The number of ketones is 1. The molecule has 1 atom stereocenters. The van der Waals surface area contributed by atoms with Gasteiger partial charge in [-0.05, 0) is 32.9 Å². The minimum absolute atomic E-state index is 0.00662. The van der Waals surface area contributed by atoms with Crippen LogP contribution in [-0.2, 0) is 13.6 Å². The highest BCUT2D eigenvalue weighted by Crippen LogP contribution is 2.56. The Hall–Kier alpha value is -2.66. The maximum Gasteiger partial charge on any atom is 0.359 e. The number of aliphatic imine (C=N–C) groups is 1. The Balaban J connectivity index is 2.52. The van der Waals surface area contributed by atoms with Crippen LogP contribution in [0.25, 0.3) is 0 Å². The molecule has 0 radical (unpaired) electrons. The van der Waals surface area contributed by atoms with E-state index in [2.05, 4.69) is 15.6 Å². The number of aromatic hydroxyl groups is 1. The van der Waals surface area contributed by atoms with E-state index in [4.69, 9.17) is 14.3 Å². The van der Waals surface area contributed by atoms with Crippen LogP contribution in [0.15, 0.2) is 35.0 Å². The zero-order valence-electron chi connectivity index (χ0n) is 15.2. The molecule has 0 fully saturated rings. The summed E-state index contributed by atoms with van der Waals surface area (Å²) in [6.07, 6.45) is 2.98. The minimum atomic E-state index is -3.86. The molecule has 0 amide bonds. The average molecular weight is 392 g/mol. The van der Waals surface area contributed by atoms with Gasteiger partial charge in [0.15, 0.2) is 17.8 Å². The third kappa shape index (κ3) is 4.55. The van der Waals surface area contributed by atoms with E-state index in [0.717, 1.165) is 5.56 Å². The smallest absolute Gasteiger partial charge is 0.359 e. The van der Waals surface area contributed by atoms with Crippen molar-refractivity contribution in [3.8, 4) is 11.9 Å². The monoisotopic (exact) mass is 392 g/mol. The lowest BCUT2D eigenvalue weighted by Gasteiger charge is -2.28. The maximum atomic E-state index is 13.3. The second-order valence-electron chi connectivity index (χ2n) is 5.56. The summed E-state index contributed by atoms with van der Waals surface area (Å²) in [7, 11) is -3.86. The molecule has 0 aliphatic carbocycles. The molecule has 27 heavy (non-hydrogen) atoms. The number of phenols is 1. The van der Waals surface area contributed by atoms with Crippen LogP contribution in [0, 0.1) is 18.4 Å². The first-order valence-electron chi connectivity index (χ1n) is 8.28. The number of aryl methyl sites for hydroxylation is 1. The lowest BCUT2D eigenvalue weighted by atomic mass is 10.0. The standard InChI is InChI=1S/C17H21N4O5P/c1-4-25-27(24,26-5-2)16-13(9-19-17(21-16)20-10-18)15(23)12-8-11(3)6-7-14(12)22/h6-9,16,22H,4-5H2,1-3H3,(H2,19,20,21). The van der Waals surface area contributed by atoms with Gasteiger partial charge in [-0.3, -0.25) is 14.7 Å². The molecule has 1 aliphatic heterocycles. The van der Waals surface area contributed by atoms with Crippen molar-refractivity contribution in [2.45, 2.75) is 26.6 Å². The van der Waals surface area contributed by atoms with Crippen molar-refractivity contribution >= 4 is 19.3 Å². The second-order valence-corrected chi connectivity index (χ2v) is 7.64. The SMILES string of the molecule is CCOP(=O)(OCC)C1N=C(NC#N)NC=C1C(=O)c1cc(C)ccc1O. The number of carbonyl (C=O) groups is 1. The summed E-state index contributed by atoms with van der Waals surface area (Å²) in [4.78, 5) is 17.2. The van der Waals surface area contributed by atoms with Gasteiger partial charge in [0.2, 0.25) is 5.96 Å². The Morgan fingerprint density at radius 2 is 2.07 bits per heavy atom. The van der Waals surface area contributed by atoms with Gasteiger partial charge in [0.25, 0.3) is 0 Å². The molecule has 0 saturated carbocycles. The van der Waals surface area contributed by atoms with Crippen molar-refractivity contribution in [3.63, 3.8) is 0 Å². The third-order valence-electron chi connectivity index (χ3n) is 3.64. The first-order valence-corrected chi connectivity index (χ1v) is 9.90. The molecule has 3 N–H and O–H groups in total. The molecular formula is C17H21N4O5P. The molecule has 1 unspecified atom stereocenters. The number of nitrogens with one attached hydrogen (secondary N) is 2. The van der Waals surface area contributed by atoms with Crippen LogP contribution in [0.3, 0.4) is 0 Å². The number of nitriles is 1. The second kappa shape index (κ2) is 8.82. The van der Waals surface area contributed by atoms with E-state index in [9.17, 15) is 14.5 Å². The Kier molecular flexibility index (Phi) is 6.75. The Morgan fingerprint density at radius 1 is 1.41 bits per heavy atom. The molecular weight excluding hydrogens is 371 g/mol. The molecule has 9 nitrogen and oxygen atoms in total. The normalized spacial score (nSPS) is 16.6. The number of benzene rings is 1. The summed E-state index contributed by atoms with van der Waals surface area (Å²) < 4.78 is 23.9. The summed E-state index contributed by atoms with van der Waals surface area (Å²) in [5, 5.41) is 23.8. The van der Waals surface area contributed by atoms with Crippen molar-refractivity contribution in [3.05, 3.63) is 41.1 Å². The van der Waals surface area contributed by atoms with Crippen LogP contribution < -0.4 is 10.6 Å². The molecule has 1 aliphatic rings. The van der Waals surface area contributed by atoms with E-state index in [1.54, 1.807) is 33.0 Å². The van der Waals surface area contributed by atoms with Crippen LogP contribution in [0.5, 0.6) is 5.75 Å². The van der Waals surface area contributed by atoms with E-state index in [0.29, 0.717) is 0 Å². The number of Topliss-reactive ketones (excluding diaryl/α,β-unsaturated/α-hetero) is 1. The first-order chi connectivity index (χ1) is 12.9. The summed E-state index contributed by atoms with van der Waals surface area (Å²) in [5.74, 6) is -2.07. The van der Waals surface area contributed by atoms with Crippen molar-refractivity contribution in [2.24, 2.45) is 4.99 Å². The topological polar surface area (TPSA) is 133 Å². The van der Waals surface area contributed by atoms with Crippen LogP contribution >= 0.6 is 7.60 Å². The van der Waals surface area contributed by atoms with Gasteiger partial charge in [-0.25, -0.2) is 4.99 Å². The lowest BCUT2D eigenvalue weighted by Crippen LogP contribution is -2.38. The van der Waals surface area contributed by atoms with Gasteiger partial charge in [0, 0.05) is 6.20 Å². The molecule has 1 heterocycles. The third-order valence-corrected chi connectivity index (χ3v) is 5.87. The molecule has 0 aromatic heterocycles. The van der Waals surface area contributed by atoms with Crippen LogP contribution in [0.4, 0.5) is 0 Å². The zero-order chi connectivity index (χ0) is 20.0. The van der Waals surface area contributed by atoms with E-state index >= 15 is 0 Å². The minimum Gasteiger partial charge on any atom is -0.507 e. The number of phenolic OH excluding ortho intramolecular Hbond substituents is 1. The van der Waals surface area contributed by atoms with Crippen molar-refractivity contribution in [1.29, 1.82) is 5.26 Å². The van der Waals surface area contributed by atoms with E-state index in [1.165, 1.54) is 18.3 Å². The van der Waals surface area contributed by atoms with Crippen molar-refractivity contribution in [2.75, 3.05) is 13.2 Å². The number of carbonyl (C=O) groups excluding carboxylic acids is 1. The highest BCUT2D eigenvalue weighted by molar-refractivity contribution is 7.55. The van der Waals surface area contributed by atoms with Gasteiger partial charge < -0.3 is 19.5 Å². The molecule has 1 aromatic rings. The van der Waals surface area contributed by atoms with Crippen molar-refractivity contribution in [1.82, 2.24) is 10.6 Å². The molecule has 10 heteroatoms. The van der Waals surface area contributed by atoms with Gasteiger partial charge in [0.05, 0.1) is 24.4 Å². The van der Waals surface area contributed by atoms with E-state index < -0.39 is 19.2 Å². The van der Waals surface area contributed by atoms with Gasteiger partial charge in [-0.15, -0.1) is 0 Å². The Bertz CT molecular complexity index is 865. The van der Waals surface area contributed by atoms with Crippen LogP contribution in [0.2, 0.25) is 0 Å². The fourth-order valence-corrected chi connectivity index (χ4v) is 4.39. The van der Waals surface area contributed by atoms with Crippen LogP contribution in [0.1, 0.15) is 29.8 Å². The predicted molar refractivity (Wildman–Crippen MR) is 99.2 cm³/mol. The van der Waals surface area contributed by atoms with Gasteiger partial charge in [-0.2, -0.15) is 5.26 Å². The zero-order valence-corrected chi connectivity index (χ0v) is 16.1. The van der Waals surface area contributed by atoms with E-state index in [-0.39, 0.29) is 36.1 Å². The van der Waals surface area contributed by atoms with Crippen molar-refractivity contribution < 1.29 is 23.5 Å². The maximum absolute atomic E-state index is 13.3. The fourth-order valence-electron chi connectivity index (χ4n) is 2.52. The molecule has 2 rings (SSSR count). The van der Waals surface area contributed by atoms with Crippen LogP contribution in [-0.4, -0.2) is 35.8 Å². The molecule has 0 spiro atoms. The average Bonchev–Trinajstić information content (AvgIpc) is 2.64. The molecule has 0 saturated heterocycles. The number of nitrogens with zero attached hydrogens (tertiary/aromatic N) is 2. The van der Waals surface area contributed by atoms with Gasteiger partial charge >= 0.3 is 7.60 Å². The summed E-state index contributed by atoms with van der Waals surface area (Å²) in [6, 6.07) is 4.59. The number of hydrogen-bond donors (Lipinski definition) is 3.